The number of rotatable bonds is 7. The second-order valence-corrected chi connectivity index (χ2v) is 6.49. The van der Waals surface area contributed by atoms with Gasteiger partial charge in [0.1, 0.15) is 0 Å². The molecule has 0 aliphatic carbocycles. The summed E-state index contributed by atoms with van der Waals surface area (Å²) >= 11 is 3.23. The molecular formula is C11H15BrFNO3S. The van der Waals surface area contributed by atoms with Crippen LogP contribution < -0.4 is 4.72 Å². The maximum Gasteiger partial charge on any atom is 0.232 e. The van der Waals surface area contributed by atoms with E-state index in [9.17, 15) is 12.8 Å². The third-order valence-electron chi connectivity index (χ3n) is 2.28. The van der Waals surface area contributed by atoms with Crippen molar-refractivity contribution in [3.8, 4) is 0 Å². The van der Waals surface area contributed by atoms with Crippen molar-refractivity contribution in [2.45, 2.75) is 19.4 Å². The van der Waals surface area contributed by atoms with Crippen LogP contribution in [0, 0.1) is 0 Å². The molecule has 0 bridgehead atoms. The van der Waals surface area contributed by atoms with Gasteiger partial charge in [0.15, 0.2) is 0 Å². The molecule has 0 aromatic heterocycles. The highest BCUT2D eigenvalue weighted by Crippen LogP contribution is 2.24. The van der Waals surface area contributed by atoms with E-state index in [1.165, 1.54) is 0 Å². The summed E-state index contributed by atoms with van der Waals surface area (Å²) in [5, 5.41) is 8.99. The Kier molecular flexibility index (Phi) is 6.04. The number of hydrogen-bond acceptors (Lipinski definition) is 3. The monoisotopic (exact) mass is 339 g/mol. The summed E-state index contributed by atoms with van der Waals surface area (Å²) in [6.45, 7) is -0.678. The average Bonchev–Trinajstić information content (AvgIpc) is 2.32. The third-order valence-corrected chi connectivity index (χ3v) is 4.32. The Morgan fingerprint density at radius 2 is 2.06 bits per heavy atom. The van der Waals surface area contributed by atoms with E-state index < -0.39 is 16.7 Å². The van der Waals surface area contributed by atoms with Crippen LogP contribution in [0.4, 0.5) is 10.1 Å². The Morgan fingerprint density at radius 3 is 2.67 bits per heavy atom. The van der Waals surface area contributed by atoms with Gasteiger partial charge in [0.05, 0.1) is 24.7 Å². The summed E-state index contributed by atoms with van der Waals surface area (Å²) in [6, 6.07) is 4.90. The van der Waals surface area contributed by atoms with Gasteiger partial charge in [0.2, 0.25) is 10.0 Å². The first-order valence-corrected chi connectivity index (χ1v) is 7.89. The fourth-order valence-corrected chi connectivity index (χ4v) is 3.02. The lowest BCUT2D eigenvalue weighted by Crippen LogP contribution is -2.17. The lowest BCUT2D eigenvalue weighted by molar-refractivity contribution is 0.282. The van der Waals surface area contributed by atoms with Crippen LogP contribution in [0.15, 0.2) is 22.7 Å². The van der Waals surface area contributed by atoms with E-state index in [-0.39, 0.29) is 25.2 Å². The van der Waals surface area contributed by atoms with E-state index in [0.717, 1.165) is 0 Å². The number of nitrogens with one attached hydrogen (secondary N) is 1. The van der Waals surface area contributed by atoms with Gasteiger partial charge in [-0.3, -0.25) is 9.11 Å². The molecule has 0 aliphatic heterocycles. The van der Waals surface area contributed by atoms with E-state index in [1.807, 2.05) is 0 Å². The van der Waals surface area contributed by atoms with Crippen LogP contribution in [0.1, 0.15) is 18.4 Å². The van der Waals surface area contributed by atoms with E-state index >= 15 is 0 Å². The molecule has 4 nitrogen and oxygen atoms in total. The SMILES string of the molecule is O=S(=O)(CCCCF)Nc1cc(CO)ccc1Br. The molecule has 0 unspecified atom stereocenters. The lowest BCUT2D eigenvalue weighted by Gasteiger charge is -2.10. The molecule has 102 valence electrons. The smallest absolute Gasteiger partial charge is 0.232 e. The predicted molar refractivity (Wildman–Crippen MR) is 72.7 cm³/mol. The third kappa shape index (κ3) is 4.91. The maximum atomic E-state index is 11.9. The summed E-state index contributed by atoms with van der Waals surface area (Å²) in [5.74, 6) is -0.118. The maximum absolute atomic E-state index is 11.9. The van der Waals surface area contributed by atoms with Crippen LogP contribution in [0.2, 0.25) is 0 Å². The van der Waals surface area contributed by atoms with Crippen molar-refractivity contribution in [3.63, 3.8) is 0 Å². The van der Waals surface area contributed by atoms with Crippen molar-refractivity contribution in [2.75, 3.05) is 17.1 Å². The topological polar surface area (TPSA) is 66.4 Å². The Labute approximate surface area is 114 Å². The zero-order valence-electron chi connectivity index (χ0n) is 9.70. The number of hydrogen-bond donors (Lipinski definition) is 2. The van der Waals surface area contributed by atoms with Gasteiger partial charge in [-0.15, -0.1) is 0 Å². The first kappa shape index (κ1) is 15.4. The van der Waals surface area contributed by atoms with Gasteiger partial charge in [-0.2, -0.15) is 0 Å². The van der Waals surface area contributed by atoms with Gasteiger partial charge in [-0.05, 0) is 46.5 Å². The molecule has 18 heavy (non-hydrogen) atoms. The minimum Gasteiger partial charge on any atom is -0.392 e. The number of benzene rings is 1. The predicted octanol–water partition coefficient (Wildman–Crippen LogP) is 2.43. The largest absolute Gasteiger partial charge is 0.392 e. The number of aliphatic hydroxyl groups excluding tert-OH is 1. The van der Waals surface area contributed by atoms with Crippen molar-refractivity contribution >= 4 is 31.6 Å². The van der Waals surface area contributed by atoms with Crippen LogP contribution in [0.5, 0.6) is 0 Å². The molecular weight excluding hydrogens is 325 g/mol. The van der Waals surface area contributed by atoms with Crippen LogP contribution in [0.25, 0.3) is 0 Å². The molecule has 0 radical (unpaired) electrons. The van der Waals surface area contributed by atoms with Crippen LogP contribution >= 0.6 is 15.9 Å². The summed E-state index contributed by atoms with van der Waals surface area (Å²) in [7, 11) is -3.48. The molecule has 0 saturated carbocycles. The fourth-order valence-electron chi connectivity index (χ4n) is 1.35. The van der Waals surface area contributed by atoms with Crippen molar-refractivity contribution in [3.05, 3.63) is 28.2 Å². The minimum absolute atomic E-state index is 0.118. The molecule has 1 aromatic rings. The zero-order valence-corrected chi connectivity index (χ0v) is 12.1. The fraction of sp³-hybridized carbons (Fsp3) is 0.455. The Hall–Kier alpha value is -0.660. The molecule has 0 heterocycles. The van der Waals surface area contributed by atoms with Crippen molar-refractivity contribution in [1.29, 1.82) is 0 Å². The van der Waals surface area contributed by atoms with Crippen molar-refractivity contribution < 1.29 is 17.9 Å². The van der Waals surface area contributed by atoms with E-state index in [4.69, 9.17) is 5.11 Å². The molecule has 7 heteroatoms. The van der Waals surface area contributed by atoms with Crippen molar-refractivity contribution in [1.82, 2.24) is 0 Å². The van der Waals surface area contributed by atoms with E-state index in [1.54, 1.807) is 18.2 Å². The van der Waals surface area contributed by atoms with E-state index in [2.05, 4.69) is 20.7 Å². The number of sulfonamides is 1. The van der Waals surface area contributed by atoms with Gasteiger partial charge in [0.25, 0.3) is 0 Å². The van der Waals surface area contributed by atoms with Gasteiger partial charge in [0, 0.05) is 4.47 Å². The minimum atomic E-state index is -3.48. The normalized spacial score (nSPS) is 11.5. The van der Waals surface area contributed by atoms with Gasteiger partial charge >= 0.3 is 0 Å². The molecule has 0 saturated heterocycles. The molecule has 0 amide bonds. The lowest BCUT2D eigenvalue weighted by atomic mass is 10.2. The highest BCUT2D eigenvalue weighted by atomic mass is 79.9. The molecule has 0 fully saturated rings. The zero-order chi connectivity index (χ0) is 13.6. The summed E-state index contributed by atoms with van der Waals surface area (Å²) < 4.78 is 38.3. The Morgan fingerprint density at radius 1 is 1.33 bits per heavy atom. The van der Waals surface area contributed by atoms with Gasteiger partial charge < -0.3 is 5.11 Å². The quantitative estimate of drug-likeness (QED) is 0.750. The van der Waals surface area contributed by atoms with Crippen LogP contribution in [-0.4, -0.2) is 26.0 Å². The first-order chi connectivity index (χ1) is 8.48. The van der Waals surface area contributed by atoms with E-state index in [0.29, 0.717) is 15.7 Å². The first-order valence-electron chi connectivity index (χ1n) is 5.44. The number of halogens is 2. The number of anilines is 1. The highest BCUT2D eigenvalue weighted by molar-refractivity contribution is 9.10. The summed E-state index contributed by atoms with van der Waals surface area (Å²) in [6.07, 6.45) is 0.516. The van der Waals surface area contributed by atoms with Gasteiger partial charge in [-0.25, -0.2) is 8.42 Å². The number of unbranched alkanes of at least 4 members (excludes halogenated alkanes) is 1. The molecule has 0 aliphatic rings. The molecule has 0 spiro atoms. The van der Waals surface area contributed by atoms with Crippen molar-refractivity contribution in [2.24, 2.45) is 0 Å². The molecule has 0 atom stereocenters. The van der Waals surface area contributed by atoms with Gasteiger partial charge in [-0.1, -0.05) is 6.07 Å². The van der Waals surface area contributed by atoms with Crippen LogP contribution in [-0.2, 0) is 16.6 Å². The highest BCUT2D eigenvalue weighted by Gasteiger charge is 2.12. The average molecular weight is 340 g/mol. The summed E-state index contributed by atoms with van der Waals surface area (Å²) in [4.78, 5) is 0. The second-order valence-electron chi connectivity index (χ2n) is 3.79. The number of aliphatic hydroxyl groups is 1. The standard InChI is InChI=1S/C11H15BrFNO3S/c12-10-4-3-9(8-15)7-11(10)14-18(16,17)6-2-1-5-13/h3-4,7,14-15H,1-2,5-6,8H2. The Balaban J connectivity index is 2.76. The number of alkyl halides is 1. The summed E-state index contributed by atoms with van der Waals surface area (Å²) in [5.41, 5.74) is 0.987. The van der Waals surface area contributed by atoms with Crippen LogP contribution in [0.3, 0.4) is 0 Å². The molecule has 1 rings (SSSR count). The molecule has 1 aromatic carbocycles. The molecule has 2 N–H and O–H groups in total. The Bertz CT molecular complexity index is 493. The second kappa shape index (κ2) is 7.06.